The van der Waals surface area contributed by atoms with E-state index in [9.17, 15) is 26.4 Å². The van der Waals surface area contributed by atoms with Crippen molar-refractivity contribution < 1.29 is 72.2 Å². The number of rotatable bonds is 14. The predicted molar refractivity (Wildman–Crippen MR) is 271 cm³/mol. The van der Waals surface area contributed by atoms with Gasteiger partial charge in [-0.1, -0.05) is 109 Å². The Hall–Kier alpha value is -2.70. The Morgan fingerprint density at radius 2 is 0.843 bits per heavy atom. The minimum absolute atomic E-state index is 0. The summed E-state index contributed by atoms with van der Waals surface area (Å²) in [5.41, 5.74) is 11.0. The normalized spacial score (nSPS) is 22.0. The van der Waals surface area contributed by atoms with Crippen molar-refractivity contribution in [3.63, 3.8) is 0 Å². The van der Waals surface area contributed by atoms with Crippen molar-refractivity contribution >= 4 is 77.9 Å². The van der Waals surface area contributed by atoms with Crippen LogP contribution in [0.5, 0.6) is 0 Å². The van der Waals surface area contributed by atoms with Gasteiger partial charge in [0.2, 0.25) is 0 Å². The van der Waals surface area contributed by atoms with E-state index in [0.717, 1.165) is 22.3 Å². The van der Waals surface area contributed by atoms with E-state index in [-0.39, 0.29) is 61.2 Å². The Kier molecular flexibility index (Phi) is 22.4. The van der Waals surface area contributed by atoms with E-state index in [1.54, 1.807) is 87.7 Å². The average Bonchev–Trinajstić information content (AvgIpc) is 3.27. The Bertz CT molecular complexity index is 2420. The molecule has 2 heterocycles. The Balaban J connectivity index is 0.000000360. The number of halogens is 6. The summed E-state index contributed by atoms with van der Waals surface area (Å²) in [5.74, 6) is -0.808. The van der Waals surface area contributed by atoms with Crippen LogP contribution >= 0.6 is 46.4 Å². The lowest BCUT2D eigenvalue weighted by Crippen LogP contribution is -3.00. The summed E-state index contributed by atoms with van der Waals surface area (Å²) < 4.78 is 63.5. The molecular formula is C50H66Cl6N4O8S2. The SMILES string of the molecule is CC[C@@H](CS(=O)(=O)C(C)(C)C)N1C(=O)[C@@H](C[NH3+])O[C@H](c2cccc(Cl)c2)[C@H]1c1ccc(Cl)cc1.CC[C@@H](CS(=O)(=O)C(C)(C)C)N1C(=O)[C@H](C[NH3+])O[C@H](c2cccc(Cl)c2)[C@H]1c1ccc(Cl)cc1.[Cl-].[Cl-]. The van der Waals surface area contributed by atoms with Crippen LogP contribution in [0.1, 0.15) is 115 Å². The summed E-state index contributed by atoms with van der Waals surface area (Å²) in [6, 6.07) is 26.9. The van der Waals surface area contributed by atoms with Crippen molar-refractivity contribution in [1.82, 2.24) is 9.80 Å². The smallest absolute Gasteiger partial charge is 0.258 e. The van der Waals surface area contributed by atoms with Crippen molar-refractivity contribution in [2.24, 2.45) is 0 Å². The maximum absolute atomic E-state index is 13.7. The topological polar surface area (TPSA) is 183 Å². The number of benzene rings is 4. The second-order valence-electron chi connectivity index (χ2n) is 19.2. The lowest BCUT2D eigenvalue weighted by atomic mass is 9.90. The first-order chi connectivity index (χ1) is 31.8. The first-order valence-electron chi connectivity index (χ1n) is 22.8. The monoisotopic (exact) mass is 1120 g/mol. The van der Waals surface area contributed by atoms with Gasteiger partial charge in [0.25, 0.3) is 11.8 Å². The number of quaternary nitrogens is 2. The van der Waals surface area contributed by atoms with E-state index >= 15 is 0 Å². The molecule has 2 saturated heterocycles. The largest absolute Gasteiger partial charge is 1.00 e. The number of carbonyl (C=O) groups excluding carboxylic acids is 2. The summed E-state index contributed by atoms with van der Waals surface area (Å²) >= 11 is 24.9. The lowest BCUT2D eigenvalue weighted by Gasteiger charge is -2.47. The molecule has 6 rings (SSSR count). The van der Waals surface area contributed by atoms with Gasteiger partial charge in [-0.3, -0.25) is 9.59 Å². The molecule has 0 aliphatic carbocycles. The van der Waals surface area contributed by atoms with Gasteiger partial charge in [0.1, 0.15) is 25.3 Å². The molecule has 70 heavy (non-hydrogen) atoms. The number of nitrogens with zero attached hydrogens (tertiary/aromatic N) is 2. The van der Waals surface area contributed by atoms with E-state index in [0.29, 0.717) is 32.9 Å². The average molecular weight is 1130 g/mol. The first kappa shape index (κ1) is 61.6. The predicted octanol–water partition coefficient (Wildman–Crippen LogP) is 2.48. The number of amides is 2. The quantitative estimate of drug-likeness (QED) is 0.193. The maximum Gasteiger partial charge on any atom is 0.258 e. The van der Waals surface area contributed by atoms with Gasteiger partial charge in [-0.2, -0.15) is 0 Å². The van der Waals surface area contributed by atoms with Crippen LogP contribution in [0.4, 0.5) is 0 Å². The minimum Gasteiger partial charge on any atom is -1.00 e. The van der Waals surface area contributed by atoms with Crippen LogP contribution in [0.25, 0.3) is 0 Å². The summed E-state index contributed by atoms with van der Waals surface area (Å²) in [5, 5.41) is 2.23. The zero-order chi connectivity index (χ0) is 50.5. The highest BCUT2D eigenvalue weighted by Gasteiger charge is 2.50. The highest BCUT2D eigenvalue weighted by atomic mass is 35.5. The second kappa shape index (κ2) is 25.5. The molecule has 8 atom stereocenters. The number of sulfone groups is 2. The van der Waals surface area contributed by atoms with Crippen molar-refractivity contribution in [2.45, 2.75) is 126 Å². The fourth-order valence-corrected chi connectivity index (χ4v) is 11.8. The van der Waals surface area contributed by atoms with Gasteiger partial charge in [0.05, 0.1) is 33.1 Å². The number of hydrogen-bond acceptors (Lipinski definition) is 8. The molecule has 0 radical (unpaired) electrons. The van der Waals surface area contributed by atoms with Crippen molar-refractivity contribution in [1.29, 1.82) is 0 Å². The fraction of sp³-hybridized carbons (Fsp3) is 0.480. The van der Waals surface area contributed by atoms with E-state index < -0.39 is 77.8 Å². The van der Waals surface area contributed by atoms with E-state index in [1.165, 1.54) is 0 Å². The third-order valence-electron chi connectivity index (χ3n) is 12.6. The standard InChI is InChI=1S/2C25H32Cl2N2O4S.2ClH/c2*1-5-20(15-34(31,32)25(2,3)4)29-22(16-9-11-18(26)12-10-16)23(33-21(14-28)24(29)30)17-7-6-8-19(27)13-17;;/h2*6-13,20-23H,5,14-15,28H2,1-4H3;2*1H/t20-,21+,22+,23+;20-,21-,22+,23+;;/m00../s1. The van der Waals surface area contributed by atoms with Crippen LogP contribution in [0, 0.1) is 0 Å². The van der Waals surface area contributed by atoms with Gasteiger partial charge >= 0.3 is 0 Å². The van der Waals surface area contributed by atoms with Crippen molar-refractivity contribution in [3.05, 3.63) is 139 Å². The fourth-order valence-electron chi connectivity index (χ4n) is 8.39. The molecule has 20 heteroatoms. The van der Waals surface area contributed by atoms with Gasteiger partial charge in [0.15, 0.2) is 31.9 Å². The van der Waals surface area contributed by atoms with Crippen LogP contribution in [0.15, 0.2) is 97.1 Å². The van der Waals surface area contributed by atoms with Crippen LogP contribution < -0.4 is 36.3 Å². The molecule has 0 unspecified atom stereocenters. The molecule has 388 valence electrons. The molecular weight excluding hydrogens is 1060 g/mol. The molecule has 2 aliphatic heterocycles. The summed E-state index contributed by atoms with van der Waals surface area (Å²) in [7, 11) is -7.00. The number of hydrogen-bond donors (Lipinski definition) is 2. The molecule has 4 aromatic carbocycles. The highest BCUT2D eigenvalue weighted by molar-refractivity contribution is 7.93. The van der Waals surface area contributed by atoms with Gasteiger partial charge < -0.3 is 55.6 Å². The molecule has 0 spiro atoms. The molecule has 2 fully saturated rings. The molecule has 0 aromatic heterocycles. The Morgan fingerprint density at radius 3 is 1.10 bits per heavy atom. The minimum atomic E-state index is -3.50. The maximum atomic E-state index is 13.7. The molecule has 12 nitrogen and oxygen atoms in total. The third kappa shape index (κ3) is 14.3. The van der Waals surface area contributed by atoms with Gasteiger partial charge in [0, 0.05) is 32.2 Å². The van der Waals surface area contributed by atoms with Crippen LogP contribution in [-0.4, -0.2) is 96.8 Å². The summed E-state index contributed by atoms with van der Waals surface area (Å²) in [6.07, 6.45) is -1.77. The Labute approximate surface area is 447 Å². The van der Waals surface area contributed by atoms with Gasteiger partial charge in [-0.25, -0.2) is 16.8 Å². The first-order valence-corrected chi connectivity index (χ1v) is 27.6. The molecule has 0 bridgehead atoms. The number of carbonyl (C=O) groups is 2. The van der Waals surface area contributed by atoms with Crippen molar-refractivity contribution in [2.75, 3.05) is 24.6 Å². The van der Waals surface area contributed by atoms with Gasteiger partial charge in [-0.05, 0) is 125 Å². The molecule has 6 N–H and O–H groups in total. The van der Waals surface area contributed by atoms with E-state index in [4.69, 9.17) is 55.9 Å². The van der Waals surface area contributed by atoms with E-state index in [1.807, 2.05) is 74.5 Å². The van der Waals surface area contributed by atoms with Crippen LogP contribution in [0.3, 0.4) is 0 Å². The van der Waals surface area contributed by atoms with Crippen molar-refractivity contribution in [3.8, 4) is 0 Å². The molecule has 2 aliphatic rings. The van der Waals surface area contributed by atoms with E-state index in [2.05, 4.69) is 11.5 Å². The van der Waals surface area contributed by atoms with Crippen LogP contribution in [0.2, 0.25) is 20.1 Å². The second-order valence-corrected chi connectivity index (χ2v) is 26.5. The molecule has 2 amide bonds. The third-order valence-corrected chi connectivity index (χ3v) is 18.9. The summed E-state index contributed by atoms with van der Waals surface area (Å²) in [4.78, 5) is 30.8. The summed E-state index contributed by atoms with van der Waals surface area (Å²) in [6.45, 7) is 14.3. The molecule has 0 saturated carbocycles. The Morgan fingerprint density at radius 1 is 0.529 bits per heavy atom. The zero-order valence-electron chi connectivity index (χ0n) is 40.8. The van der Waals surface area contributed by atoms with Crippen LogP contribution in [-0.2, 0) is 38.7 Å². The van der Waals surface area contributed by atoms with Gasteiger partial charge in [-0.15, -0.1) is 0 Å². The number of morpholine rings is 2. The lowest BCUT2D eigenvalue weighted by molar-refractivity contribution is -0.388. The molecule has 4 aromatic rings. The highest BCUT2D eigenvalue weighted by Crippen LogP contribution is 2.46. The number of ether oxygens (including phenoxy) is 2. The zero-order valence-corrected chi connectivity index (χ0v) is 46.9.